The summed E-state index contributed by atoms with van der Waals surface area (Å²) < 4.78 is 5.40. The minimum absolute atomic E-state index is 0.0549. The van der Waals surface area contributed by atoms with E-state index in [9.17, 15) is 14.7 Å². The second-order valence-electron chi connectivity index (χ2n) is 9.56. The molecule has 8 nitrogen and oxygen atoms in total. The predicted octanol–water partition coefficient (Wildman–Crippen LogP) is 2.53. The molecule has 3 amide bonds. The highest BCUT2D eigenvalue weighted by atomic mass is 16.5. The van der Waals surface area contributed by atoms with Crippen LogP contribution in [0.2, 0.25) is 0 Å². The fraction of sp³-hybridized carbons (Fsp3) is 0.583. The van der Waals surface area contributed by atoms with Crippen molar-refractivity contribution in [3.05, 3.63) is 29.5 Å². The number of carbonyl (C=O) groups excluding carboxylic acids is 2. The molecule has 1 atom stereocenters. The van der Waals surface area contributed by atoms with Gasteiger partial charge in [-0.05, 0) is 42.9 Å². The molecule has 5 rings (SSSR count). The number of aromatic nitrogens is 1. The number of amides is 3. The Kier molecular flexibility index (Phi) is 5.28. The van der Waals surface area contributed by atoms with Crippen molar-refractivity contribution in [3.8, 4) is 5.75 Å². The van der Waals surface area contributed by atoms with Crippen LogP contribution in [0.4, 0.5) is 4.79 Å². The van der Waals surface area contributed by atoms with Crippen LogP contribution in [0.15, 0.2) is 18.2 Å². The predicted molar refractivity (Wildman–Crippen MR) is 121 cm³/mol. The van der Waals surface area contributed by atoms with Gasteiger partial charge in [0.15, 0.2) is 0 Å². The van der Waals surface area contributed by atoms with Crippen molar-refractivity contribution >= 4 is 22.8 Å². The van der Waals surface area contributed by atoms with E-state index in [1.165, 1.54) is 0 Å². The highest BCUT2D eigenvalue weighted by Gasteiger charge is 2.55. The van der Waals surface area contributed by atoms with Crippen molar-refractivity contribution < 1.29 is 19.4 Å². The Hall–Kier alpha value is -2.74. The quantitative estimate of drug-likeness (QED) is 0.643. The fourth-order valence-electron chi connectivity index (χ4n) is 5.38. The van der Waals surface area contributed by atoms with Gasteiger partial charge in [-0.15, -0.1) is 0 Å². The molecule has 0 radical (unpaired) electrons. The topological polar surface area (TPSA) is 97.9 Å². The number of ether oxygens (including phenoxy) is 1. The van der Waals surface area contributed by atoms with Crippen molar-refractivity contribution in [2.75, 3.05) is 39.9 Å². The number of hydrogen-bond acceptors (Lipinski definition) is 4. The number of aliphatic hydroxyl groups is 1. The molecule has 2 aliphatic heterocycles. The van der Waals surface area contributed by atoms with Crippen LogP contribution in [0.25, 0.3) is 10.9 Å². The average Bonchev–Trinajstić information content (AvgIpc) is 3.50. The van der Waals surface area contributed by atoms with Crippen molar-refractivity contribution in [3.63, 3.8) is 0 Å². The molecule has 2 fully saturated rings. The SMILES string of the molecule is CCCNC(=O)N1CC2(C1)CN(C(=O)CC1CC1)[C@@H](CO)c1[nH]c3cc(OC)ccc3c12. The molecular weight excluding hydrogens is 408 g/mol. The molecule has 2 aromatic rings. The smallest absolute Gasteiger partial charge is 0.317 e. The minimum Gasteiger partial charge on any atom is -0.497 e. The lowest BCUT2D eigenvalue weighted by Gasteiger charge is -2.56. The zero-order valence-corrected chi connectivity index (χ0v) is 18.8. The number of benzene rings is 1. The van der Waals surface area contributed by atoms with Crippen molar-refractivity contribution in [1.82, 2.24) is 20.1 Å². The number of aliphatic hydroxyl groups excluding tert-OH is 1. The Morgan fingerprint density at radius 3 is 2.72 bits per heavy atom. The van der Waals surface area contributed by atoms with E-state index in [4.69, 9.17) is 4.74 Å². The van der Waals surface area contributed by atoms with Crippen LogP contribution in [-0.4, -0.2) is 71.7 Å². The number of hydrogen-bond donors (Lipinski definition) is 3. The summed E-state index contributed by atoms with van der Waals surface area (Å²) in [5, 5.41) is 14.3. The first-order valence-electron chi connectivity index (χ1n) is 11.6. The van der Waals surface area contributed by atoms with E-state index in [0.717, 1.165) is 47.2 Å². The summed E-state index contributed by atoms with van der Waals surface area (Å²) >= 11 is 0. The molecular formula is C24H32N4O4. The summed E-state index contributed by atoms with van der Waals surface area (Å²) in [6, 6.07) is 5.48. The first-order valence-corrected chi connectivity index (χ1v) is 11.6. The molecule has 1 spiro atoms. The summed E-state index contributed by atoms with van der Waals surface area (Å²) in [7, 11) is 1.64. The van der Waals surface area contributed by atoms with E-state index in [-0.39, 0.29) is 24.0 Å². The van der Waals surface area contributed by atoms with Crippen LogP contribution >= 0.6 is 0 Å². The molecule has 1 aliphatic carbocycles. The van der Waals surface area contributed by atoms with Gasteiger partial charge in [-0.3, -0.25) is 4.79 Å². The Labute approximate surface area is 187 Å². The van der Waals surface area contributed by atoms with Gasteiger partial charge in [0.1, 0.15) is 5.75 Å². The molecule has 1 aromatic heterocycles. The molecule has 3 N–H and O–H groups in total. The monoisotopic (exact) mass is 440 g/mol. The van der Waals surface area contributed by atoms with Gasteiger partial charge in [0.05, 0.1) is 25.2 Å². The zero-order valence-electron chi connectivity index (χ0n) is 18.8. The number of methoxy groups -OCH3 is 1. The zero-order chi connectivity index (χ0) is 22.5. The molecule has 32 heavy (non-hydrogen) atoms. The van der Waals surface area contributed by atoms with Crippen LogP contribution in [0.1, 0.15) is 49.9 Å². The van der Waals surface area contributed by atoms with Gasteiger partial charge in [0.25, 0.3) is 0 Å². The number of carbonyl (C=O) groups is 2. The highest BCUT2D eigenvalue weighted by molar-refractivity contribution is 5.90. The van der Waals surface area contributed by atoms with Crippen LogP contribution in [0.3, 0.4) is 0 Å². The van der Waals surface area contributed by atoms with Gasteiger partial charge in [0.2, 0.25) is 5.91 Å². The van der Waals surface area contributed by atoms with Crippen molar-refractivity contribution in [2.24, 2.45) is 5.92 Å². The lowest BCUT2D eigenvalue weighted by atomic mass is 9.68. The minimum atomic E-state index is -0.400. The van der Waals surface area contributed by atoms with E-state index in [2.05, 4.69) is 10.3 Å². The number of urea groups is 1. The van der Waals surface area contributed by atoms with Gasteiger partial charge in [-0.1, -0.05) is 6.92 Å². The number of nitrogens with zero attached hydrogens (tertiary/aromatic N) is 2. The lowest BCUT2D eigenvalue weighted by Crippen LogP contribution is -2.69. The van der Waals surface area contributed by atoms with Crippen LogP contribution < -0.4 is 10.1 Å². The molecule has 3 heterocycles. The van der Waals surface area contributed by atoms with Gasteiger partial charge < -0.3 is 29.9 Å². The van der Waals surface area contributed by atoms with Crippen LogP contribution in [0.5, 0.6) is 5.75 Å². The van der Waals surface area contributed by atoms with Crippen LogP contribution in [-0.2, 0) is 10.2 Å². The van der Waals surface area contributed by atoms with E-state index in [1.54, 1.807) is 7.11 Å². The molecule has 0 unspecified atom stereocenters. The van der Waals surface area contributed by atoms with Gasteiger partial charge in [-0.25, -0.2) is 4.79 Å². The molecule has 1 saturated carbocycles. The summed E-state index contributed by atoms with van der Waals surface area (Å²) in [4.78, 5) is 33.0. The number of rotatable bonds is 6. The Bertz CT molecular complexity index is 1040. The second-order valence-corrected chi connectivity index (χ2v) is 9.56. The van der Waals surface area contributed by atoms with Crippen molar-refractivity contribution in [2.45, 2.75) is 44.1 Å². The van der Waals surface area contributed by atoms with E-state index >= 15 is 0 Å². The summed E-state index contributed by atoms with van der Waals surface area (Å²) in [5.41, 5.74) is 2.61. The number of nitrogens with one attached hydrogen (secondary N) is 2. The highest BCUT2D eigenvalue weighted by Crippen LogP contribution is 2.49. The van der Waals surface area contributed by atoms with Gasteiger partial charge >= 0.3 is 6.03 Å². The van der Waals surface area contributed by atoms with Crippen LogP contribution in [0, 0.1) is 5.92 Å². The molecule has 172 valence electrons. The maximum Gasteiger partial charge on any atom is 0.317 e. The van der Waals surface area contributed by atoms with E-state index in [1.807, 2.05) is 34.9 Å². The molecule has 1 saturated heterocycles. The third-order valence-electron chi connectivity index (χ3n) is 7.20. The Morgan fingerprint density at radius 2 is 2.06 bits per heavy atom. The Balaban J connectivity index is 1.54. The van der Waals surface area contributed by atoms with Gasteiger partial charge in [0, 0.05) is 55.3 Å². The van der Waals surface area contributed by atoms with E-state index in [0.29, 0.717) is 38.5 Å². The average molecular weight is 441 g/mol. The normalized spacial score (nSPS) is 21.4. The number of aromatic amines is 1. The van der Waals surface area contributed by atoms with E-state index < -0.39 is 6.04 Å². The fourth-order valence-corrected chi connectivity index (χ4v) is 5.38. The van der Waals surface area contributed by atoms with Gasteiger partial charge in [-0.2, -0.15) is 0 Å². The first-order chi connectivity index (χ1) is 15.5. The summed E-state index contributed by atoms with van der Waals surface area (Å²) in [6.07, 6.45) is 3.64. The maximum absolute atomic E-state index is 13.2. The number of fused-ring (bicyclic) bond motifs is 4. The second kappa shape index (κ2) is 7.99. The summed E-state index contributed by atoms with van der Waals surface area (Å²) in [6.45, 7) is 4.18. The maximum atomic E-state index is 13.2. The standard InChI is InChI=1S/C24H32N4O4/c1-3-8-25-23(31)27-12-24(13-27)14-28(20(30)9-15-4-5-15)19(11-29)22-21(24)17-7-6-16(32-2)10-18(17)26-22/h6-7,10,15,19,26,29H,3-5,8-9,11-14H2,1-2H3,(H,25,31)/t19-/m0/s1. The first kappa shape index (κ1) is 21.1. The summed E-state index contributed by atoms with van der Waals surface area (Å²) in [5.74, 6) is 1.33. The van der Waals surface area contributed by atoms with Crippen molar-refractivity contribution in [1.29, 1.82) is 0 Å². The molecule has 8 heteroatoms. The molecule has 0 bridgehead atoms. The largest absolute Gasteiger partial charge is 0.497 e. The lowest BCUT2D eigenvalue weighted by molar-refractivity contribution is -0.138. The number of likely N-dealkylation sites (tertiary alicyclic amines) is 1. The molecule has 1 aromatic carbocycles. The third-order valence-corrected chi connectivity index (χ3v) is 7.20. The Morgan fingerprint density at radius 1 is 1.28 bits per heavy atom. The third kappa shape index (κ3) is 3.41. The number of H-pyrrole nitrogens is 1. The molecule has 3 aliphatic rings.